The summed E-state index contributed by atoms with van der Waals surface area (Å²) in [4.78, 5) is 2.83. The van der Waals surface area contributed by atoms with Crippen molar-refractivity contribution in [1.82, 2.24) is 0 Å². The molecule has 1 fully saturated rings. The highest BCUT2D eigenvalue weighted by Gasteiger charge is 2.50. The number of hydrogen-bond acceptors (Lipinski definition) is 4. The van der Waals surface area contributed by atoms with Crippen molar-refractivity contribution >= 4 is 5.57 Å². The van der Waals surface area contributed by atoms with Gasteiger partial charge in [0.1, 0.15) is 12.2 Å². The van der Waals surface area contributed by atoms with E-state index in [1.807, 2.05) is 45.0 Å². The van der Waals surface area contributed by atoms with E-state index in [-0.39, 0.29) is 6.10 Å². The molecule has 0 amide bonds. The fourth-order valence-electron chi connectivity index (χ4n) is 3.15. The van der Waals surface area contributed by atoms with Gasteiger partial charge in [-0.15, -0.1) is 0 Å². The Morgan fingerprint density at radius 3 is 2.68 bits per heavy atom. The average molecular weight is 301 g/mol. The fraction of sp³-hybridized carbons (Fsp3) is 0.500. The van der Waals surface area contributed by atoms with Crippen LogP contribution in [0.3, 0.4) is 0 Å². The topological polar surface area (TPSA) is 87.5 Å². The maximum atomic E-state index is 10.4. The van der Waals surface area contributed by atoms with Gasteiger partial charge in [0.25, 0.3) is 0 Å². The van der Waals surface area contributed by atoms with Crippen molar-refractivity contribution in [3.05, 3.63) is 51.9 Å². The molecular formula is C16H19N3O3. The molecule has 3 rings (SSSR count). The van der Waals surface area contributed by atoms with Crippen LogP contribution >= 0.6 is 0 Å². The first kappa shape index (κ1) is 15.1. The van der Waals surface area contributed by atoms with Gasteiger partial charge in [-0.3, -0.25) is 0 Å². The first-order valence-corrected chi connectivity index (χ1v) is 7.28. The molecule has 6 nitrogen and oxygen atoms in total. The van der Waals surface area contributed by atoms with Crippen molar-refractivity contribution in [2.75, 3.05) is 0 Å². The van der Waals surface area contributed by atoms with Crippen molar-refractivity contribution in [1.29, 1.82) is 0 Å². The second-order valence-corrected chi connectivity index (χ2v) is 6.14. The molecule has 1 aromatic carbocycles. The van der Waals surface area contributed by atoms with Crippen molar-refractivity contribution in [2.24, 2.45) is 5.11 Å². The van der Waals surface area contributed by atoms with E-state index >= 15 is 0 Å². The number of azide groups is 1. The predicted molar refractivity (Wildman–Crippen MR) is 81.9 cm³/mol. The molecule has 6 heteroatoms. The van der Waals surface area contributed by atoms with Crippen LogP contribution < -0.4 is 0 Å². The Kier molecular flexibility index (Phi) is 3.70. The molecular weight excluding hydrogens is 282 g/mol. The summed E-state index contributed by atoms with van der Waals surface area (Å²) < 4.78 is 11.8. The summed E-state index contributed by atoms with van der Waals surface area (Å²) in [6.07, 6.45) is -0.0599. The number of aliphatic hydroxyl groups excluding tert-OH is 1. The molecule has 116 valence electrons. The maximum Gasteiger partial charge on any atom is 0.164 e. The van der Waals surface area contributed by atoms with Crippen LogP contribution in [0, 0.1) is 6.92 Å². The molecule has 4 atom stereocenters. The van der Waals surface area contributed by atoms with Crippen LogP contribution in [0.2, 0.25) is 0 Å². The van der Waals surface area contributed by atoms with Gasteiger partial charge in [-0.05, 0) is 43.0 Å². The molecule has 1 aliphatic carbocycles. The maximum absolute atomic E-state index is 10.4. The smallest absolute Gasteiger partial charge is 0.164 e. The summed E-state index contributed by atoms with van der Waals surface area (Å²) in [5.41, 5.74) is 11.7. The fourth-order valence-corrected chi connectivity index (χ4v) is 3.15. The van der Waals surface area contributed by atoms with Gasteiger partial charge < -0.3 is 14.6 Å². The van der Waals surface area contributed by atoms with E-state index in [2.05, 4.69) is 10.0 Å². The number of fused-ring (bicyclic) bond motifs is 1. The van der Waals surface area contributed by atoms with E-state index in [9.17, 15) is 5.11 Å². The second kappa shape index (κ2) is 5.41. The molecule has 1 heterocycles. The lowest BCUT2D eigenvalue weighted by Crippen LogP contribution is -2.45. The van der Waals surface area contributed by atoms with E-state index in [1.165, 1.54) is 0 Å². The lowest BCUT2D eigenvalue weighted by molar-refractivity contribution is -0.152. The van der Waals surface area contributed by atoms with Gasteiger partial charge in [-0.25, -0.2) is 0 Å². The van der Waals surface area contributed by atoms with Crippen molar-refractivity contribution < 1.29 is 14.6 Å². The highest BCUT2D eigenvalue weighted by molar-refractivity contribution is 5.74. The second-order valence-electron chi connectivity index (χ2n) is 6.14. The number of benzene rings is 1. The molecule has 2 aliphatic rings. The van der Waals surface area contributed by atoms with Gasteiger partial charge in [0, 0.05) is 4.91 Å². The lowest BCUT2D eigenvalue weighted by Gasteiger charge is -2.32. The Bertz CT molecular complexity index is 664. The molecule has 1 saturated heterocycles. The number of aliphatic hydroxyl groups is 1. The summed E-state index contributed by atoms with van der Waals surface area (Å²) >= 11 is 0. The zero-order valence-electron chi connectivity index (χ0n) is 12.8. The van der Waals surface area contributed by atoms with Crippen LogP contribution in [0.25, 0.3) is 16.0 Å². The molecule has 0 radical (unpaired) electrons. The van der Waals surface area contributed by atoms with Crippen molar-refractivity contribution in [3.8, 4) is 0 Å². The van der Waals surface area contributed by atoms with E-state index in [0.29, 0.717) is 0 Å². The van der Waals surface area contributed by atoms with Crippen molar-refractivity contribution in [3.63, 3.8) is 0 Å². The minimum absolute atomic E-state index is 0.378. The summed E-state index contributed by atoms with van der Waals surface area (Å²) in [5, 5.41) is 14.1. The molecule has 0 unspecified atom stereocenters. The minimum Gasteiger partial charge on any atom is -0.390 e. The first-order chi connectivity index (χ1) is 10.4. The Hall–Kier alpha value is -1.85. The third-order valence-electron chi connectivity index (χ3n) is 4.11. The molecule has 22 heavy (non-hydrogen) atoms. The highest BCUT2D eigenvalue weighted by atomic mass is 16.8. The normalized spacial score (nSPS) is 32.8. The third kappa shape index (κ3) is 2.51. The summed E-state index contributed by atoms with van der Waals surface area (Å²) in [6, 6.07) is 7.26. The number of ether oxygens (including phenoxy) is 2. The SMILES string of the molecule is Cc1ccccc1C1=C[C@H](N=[N+]=[N-])[C@@H](O)[C@@H]2OC(C)(C)O[C@H]12. The van der Waals surface area contributed by atoms with Gasteiger partial charge in [-0.2, -0.15) is 0 Å². The molecule has 1 aliphatic heterocycles. The Balaban J connectivity index is 2.10. The molecule has 1 aromatic rings. The average Bonchev–Trinajstić information content (AvgIpc) is 2.79. The molecule has 0 aromatic heterocycles. The quantitative estimate of drug-likeness (QED) is 0.517. The number of nitrogens with zero attached hydrogens (tertiary/aromatic N) is 3. The zero-order chi connectivity index (χ0) is 15.9. The summed E-state index contributed by atoms with van der Waals surface area (Å²) in [5.74, 6) is -0.788. The van der Waals surface area contributed by atoms with Crippen LogP contribution in [0.4, 0.5) is 0 Å². The predicted octanol–water partition coefficient (Wildman–Crippen LogP) is 2.95. The summed E-state index contributed by atoms with van der Waals surface area (Å²) in [7, 11) is 0. The van der Waals surface area contributed by atoms with Crippen LogP contribution in [-0.2, 0) is 9.47 Å². The Morgan fingerprint density at radius 2 is 2.00 bits per heavy atom. The van der Waals surface area contributed by atoms with Gasteiger partial charge in [0.15, 0.2) is 5.79 Å². The molecule has 0 spiro atoms. The molecule has 1 N–H and O–H groups in total. The van der Waals surface area contributed by atoms with E-state index in [0.717, 1.165) is 16.7 Å². The number of rotatable bonds is 2. The highest BCUT2D eigenvalue weighted by Crippen LogP contribution is 2.42. The Labute approximate surface area is 129 Å². The van der Waals surface area contributed by atoms with Gasteiger partial charge in [-0.1, -0.05) is 35.5 Å². The Morgan fingerprint density at radius 1 is 1.27 bits per heavy atom. The van der Waals surface area contributed by atoms with Crippen molar-refractivity contribution in [2.45, 2.75) is 50.9 Å². The number of aryl methyl sites for hydroxylation is 1. The summed E-state index contributed by atoms with van der Waals surface area (Å²) in [6.45, 7) is 5.64. The zero-order valence-corrected chi connectivity index (χ0v) is 12.8. The lowest BCUT2D eigenvalue weighted by atomic mass is 9.83. The van der Waals surface area contributed by atoms with Crippen LogP contribution in [0.1, 0.15) is 25.0 Å². The molecule has 0 saturated carbocycles. The largest absolute Gasteiger partial charge is 0.390 e. The minimum atomic E-state index is -0.921. The van der Waals surface area contributed by atoms with Crippen LogP contribution in [0.5, 0.6) is 0 Å². The van der Waals surface area contributed by atoms with Crippen LogP contribution in [0.15, 0.2) is 35.5 Å². The van der Waals surface area contributed by atoms with Gasteiger partial charge in [0.05, 0.1) is 12.1 Å². The van der Waals surface area contributed by atoms with Gasteiger partial charge in [0.2, 0.25) is 0 Å². The monoisotopic (exact) mass is 301 g/mol. The third-order valence-corrected chi connectivity index (χ3v) is 4.11. The number of hydrogen-bond donors (Lipinski definition) is 1. The van der Waals surface area contributed by atoms with E-state index in [1.54, 1.807) is 6.08 Å². The van der Waals surface area contributed by atoms with E-state index in [4.69, 9.17) is 15.0 Å². The first-order valence-electron chi connectivity index (χ1n) is 7.28. The van der Waals surface area contributed by atoms with E-state index < -0.39 is 24.0 Å². The van der Waals surface area contributed by atoms with Crippen LogP contribution in [-0.4, -0.2) is 35.2 Å². The standard InChI is InChI=1S/C16H19N3O3/c1-9-6-4-5-7-10(9)11-8-12(18-19-17)13(20)15-14(11)21-16(2,3)22-15/h4-8,12-15,20H,1-3H3/t12-,13+,14+,15-/m0/s1. The van der Waals surface area contributed by atoms with Gasteiger partial charge >= 0.3 is 0 Å². The molecule has 0 bridgehead atoms.